The Bertz CT molecular complexity index is 977. The molecule has 0 saturated carbocycles. The van der Waals surface area contributed by atoms with Gasteiger partial charge < -0.3 is 15.4 Å². The molecule has 2 N–H and O–H groups in total. The number of hydrogen-bond acceptors (Lipinski definition) is 5. The van der Waals surface area contributed by atoms with Crippen LogP contribution in [0, 0.1) is 5.82 Å². The van der Waals surface area contributed by atoms with E-state index >= 15 is 0 Å². The molecule has 0 bridgehead atoms. The van der Waals surface area contributed by atoms with E-state index in [4.69, 9.17) is 4.74 Å². The summed E-state index contributed by atoms with van der Waals surface area (Å²) in [6.07, 6.45) is 5.57. The van der Waals surface area contributed by atoms with Crippen LogP contribution in [0.25, 0.3) is 0 Å². The van der Waals surface area contributed by atoms with Crippen molar-refractivity contribution in [2.24, 2.45) is 0 Å². The molecule has 7 nitrogen and oxygen atoms in total. The fourth-order valence-corrected chi connectivity index (χ4v) is 3.25. The first-order valence-corrected chi connectivity index (χ1v) is 9.58. The third kappa shape index (κ3) is 5.34. The van der Waals surface area contributed by atoms with Crippen LogP contribution in [0.15, 0.2) is 54.9 Å². The zero-order valence-corrected chi connectivity index (χ0v) is 17.1. The molecule has 0 radical (unpaired) electrons. The van der Waals surface area contributed by atoms with Gasteiger partial charge in [-0.1, -0.05) is 6.07 Å². The Morgan fingerprint density at radius 1 is 1.30 bits per heavy atom. The summed E-state index contributed by atoms with van der Waals surface area (Å²) < 4.78 is 21.6. The monoisotopic (exact) mass is 431 g/mol. The van der Waals surface area contributed by atoms with E-state index in [1.807, 2.05) is 16.9 Å². The van der Waals surface area contributed by atoms with Gasteiger partial charge in [0.2, 0.25) is 0 Å². The molecule has 4 rings (SSSR count). The van der Waals surface area contributed by atoms with E-state index in [0.717, 1.165) is 25.9 Å². The van der Waals surface area contributed by atoms with Crippen LogP contribution in [0.2, 0.25) is 0 Å². The van der Waals surface area contributed by atoms with Crippen molar-refractivity contribution in [3.8, 4) is 5.75 Å². The van der Waals surface area contributed by atoms with Crippen molar-refractivity contribution >= 4 is 24.0 Å². The number of anilines is 1. The standard InChI is InChI=1S/C21H22FN5O2.ClH/c22-18-12-15(6-7-20(18)29-14-16-4-1-2-10-24-16)25-21(28)19-8-11-27(26-19)17-5-3-9-23-13-17;/h1-2,4,6-8,10-12,17,23H,3,5,9,13-14H2,(H,25,28);1H. The minimum Gasteiger partial charge on any atom is -0.484 e. The van der Waals surface area contributed by atoms with Crippen LogP contribution in [-0.4, -0.2) is 33.8 Å². The van der Waals surface area contributed by atoms with Crippen LogP contribution < -0.4 is 15.4 Å². The molecule has 1 fully saturated rings. The molecule has 2 aromatic heterocycles. The lowest BCUT2D eigenvalue weighted by atomic mass is 10.1. The number of amides is 1. The van der Waals surface area contributed by atoms with Gasteiger partial charge in [0.05, 0.1) is 11.7 Å². The maximum Gasteiger partial charge on any atom is 0.276 e. The van der Waals surface area contributed by atoms with Gasteiger partial charge in [-0.25, -0.2) is 4.39 Å². The fraction of sp³-hybridized carbons (Fsp3) is 0.286. The molecule has 0 aliphatic carbocycles. The largest absolute Gasteiger partial charge is 0.484 e. The van der Waals surface area contributed by atoms with Crippen LogP contribution in [0.1, 0.15) is 35.1 Å². The van der Waals surface area contributed by atoms with Gasteiger partial charge in [0.25, 0.3) is 5.91 Å². The Balaban J connectivity index is 0.00000256. The molecule has 1 saturated heterocycles. The Morgan fingerprint density at radius 3 is 2.93 bits per heavy atom. The maximum absolute atomic E-state index is 14.3. The number of halogens is 2. The fourth-order valence-electron chi connectivity index (χ4n) is 3.25. The van der Waals surface area contributed by atoms with Gasteiger partial charge in [-0.15, -0.1) is 12.4 Å². The van der Waals surface area contributed by atoms with Gasteiger partial charge >= 0.3 is 0 Å². The first-order valence-electron chi connectivity index (χ1n) is 9.58. The molecule has 1 atom stereocenters. The van der Waals surface area contributed by atoms with Gasteiger partial charge in [-0.3, -0.25) is 14.5 Å². The van der Waals surface area contributed by atoms with Crippen LogP contribution in [0.3, 0.4) is 0 Å². The average Bonchev–Trinajstić information content (AvgIpc) is 3.25. The number of nitrogens with zero attached hydrogens (tertiary/aromatic N) is 3. The smallest absolute Gasteiger partial charge is 0.276 e. The van der Waals surface area contributed by atoms with Gasteiger partial charge in [0.15, 0.2) is 17.3 Å². The highest BCUT2D eigenvalue weighted by Gasteiger charge is 2.18. The number of hydrogen-bond donors (Lipinski definition) is 2. The Morgan fingerprint density at radius 2 is 2.20 bits per heavy atom. The minimum atomic E-state index is -0.558. The van der Waals surface area contributed by atoms with Crippen LogP contribution in [0.4, 0.5) is 10.1 Å². The summed E-state index contributed by atoms with van der Waals surface area (Å²) in [4.78, 5) is 16.6. The van der Waals surface area contributed by atoms with Crippen molar-refractivity contribution in [3.63, 3.8) is 0 Å². The van der Waals surface area contributed by atoms with Gasteiger partial charge in [0.1, 0.15) is 6.61 Å². The van der Waals surface area contributed by atoms with Crippen molar-refractivity contribution in [2.75, 3.05) is 18.4 Å². The normalized spacial score (nSPS) is 15.8. The molecule has 1 aromatic carbocycles. The first kappa shape index (κ1) is 21.7. The van der Waals surface area contributed by atoms with E-state index < -0.39 is 5.82 Å². The topological polar surface area (TPSA) is 81.1 Å². The van der Waals surface area contributed by atoms with Crippen molar-refractivity contribution in [2.45, 2.75) is 25.5 Å². The van der Waals surface area contributed by atoms with Crippen molar-refractivity contribution in [1.82, 2.24) is 20.1 Å². The molecule has 9 heteroatoms. The number of carbonyl (C=O) groups is 1. The van der Waals surface area contributed by atoms with Gasteiger partial charge in [-0.2, -0.15) is 5.10 Å². The minimum absolute atomic E-state index is 0. The molecule has 3 aromatic rings. The highest BCUT2D eigenvalue weighted by atomic mass is 35.5. The summed E-state index contributed by atoms with van der Waals surface area (Å²) in [7, 11) is 0. The first-order chi connectivity index (χ1) is 14.2. The van der Waals surface area contributed by atoms with E-state index in [2.05, 4.69) is 20.7 Å². The third-order valence-electron chi connectivity index (χ3n) is 4.78. The van der Waals surface area contributed by atoms with E-state index in [1.165, 1.54) is 12.1 Å². The molecular weight excluding hydrogens is 409 g/mol. The Kier molecular flexibility index (Phi) is 7.37. The molecule has 1 unspecified atom stereocenters. The SMILES string of the molecule is Cl.O=C(Nc1ccc(OCc2ccccn2)c(F)c1)c1ccn(C2CCCNC2)n1. The number of aromatic nitrogens is 3. The summed E-state index contributed by atoms with van der Waals surface area (Å²) >= 11 is 0. The summed E-state index contributed by atoms with van der Waals surface area (Å²) in [5.41, 5.74) is 1.34. The van der Waals surface area contributed by atoms with Crippen molar-refractivity contribution < 1.29 is 13.9 Å². The van der Waals surface area contributed by atoms with Crippen molar-refractivity contribution in [3.05, 3.63) is 72.1 Å². The number of benzene rings is 1. The van der Waals surface area contributed by atoms with Gasteiger partial charge in [-0.05, 0) is 49.7 Å². The van der Waals surface area contributed by atoms with E-state index in [9.17, 15) is 9.18 Å². The predicted octanol–water partition coefficient (Wildman–Crippen LogP) is 3.59. The summed E-state index contributed by atoms with van der Waals surface area (Å²) in [5, 5.41) is 10.4. The number of piperidine rings is 1. The molecule has 0 spiro atoms. The number of rotatable bonds is 6. The number of nitrogens with one attached hydrogen (secondary N) is 2. The quantitative estimate of drug-likeness (QED) is 0.623. The van der Waals surface area contributed by atoms with E-state index in [0.29, 0.717) is 17.1 Å². The van der Waals surface area contributed by atoms with Crippen LogP contribution in [0.5, 0.6) is 5.75 Å². The molecule has 1 aliphatic rings. The Hall–Kier alpha value is -2.97. The molecule has 1 aliphatic heterocycles. The second-order valence-corrected chi connectivity index (χ2v) is 6.89. The zero-order valence-electron chi connectivity index (χ0n) is 16.3. The second kappa shape index (κ2) is 10.2. The molecule has 1 amide bonds. The maximum atomic E-state index is 14.3. The van der Waals surface area contributed by atoms with Crippen molar-refractivity contribution in [1.29, 1.82) is 0 Å². The molecular formula is C21H23ClFN5O2. The summed E-state index contributed by atoms with van der Waals surface area (Å²) in [6, 6.07) is 11.7. The van der Waals surface area contributed by atoms with E-state index in [1.54, 1.807) is 30.5 Å². The molecule has 30 heavy (non-hydrogen) atoms. The highest BCUT2D eigenvalue weighted by molar-refractivity contribution is 6.02. The summed E-state index contributed by atoms with van der Waals surface area (Å²) in [6.45, 7) is 2.02. The van der Waals surface area contributed by atoms with Crippen LogP contribution >= 0.6 is 12.4 Å². The lowest BCUT2D eigenvalue weighted by Gasteiger charge is -2.22. The number of ether oxygens (including phenoxy) is 1. The molecule has 3 heterocycles. The third-order valence-corrected chi connectivity index (χ3v) is 4.78. The van der Waals surface area contributed by atoms with Crippen LogP contribution in [-0.2, 0) is 6.61 Å². The second-order valence-electron chi connectivity index (χ2n) is 6.89. The summed E-state index contributed by atoms with van der Waals surface area (Å²) in [5.74, 6) is -0.839. The lowest BCUT2D eigenvalue weighted by Crippen LogP contribution is -2.32. The number of pyridine rings is 1. The molecule has 158 valence electrons. The number of carbonyl (C=O) groups excluding carboxylic acids is 1. The van der Waals surface area contributed by atoms with E-state index in [-0.39, 0.29) is 36.7 Å². The zero-order chi connectivity index (χ0) is 20.1. The average molecular weight is 432 g/mol. The highest BCUT2D eigenvalue weighted by Crippen LogP contribution is 2.22. The Labute approximate surface area is 180 Å². The van der Waals surface area contributed by atoms with Gasteiger partial charge in [0, 0.05) is 30.7 Å². The predicted molar refractivity (Wildman–Crippen MR) is 114 cm³/mol. The lowest BCUT2D eigenvalue weighted by molar-refractivity contribution is 0.102.